The molecular formula is C15H13N3. The normalized spacial score (nSPS) is 11.1. The number of nitriles is 1. The molecule has 18 heavy (non-hydrogen) atoms. The van der Waals surface area contributed by atoms with E-state index in [4.69, 9.17) is 0 Å². The van der Waals surface area contributed by atoms with Crippen LogP contribution >= 0.6 is 0 Å². The number of benzene rings is 1. The second-order valence-corrected chi connectivity index (χ2v) is 4.05. The van der Waals surface area contributed by atoms with Crippen LogP contribution in [0.5, 0.6) is 0 Å². The summed E-state index contributed by atoms with van der Waals surface area (Å²) in [5.41, 5.74) is 3.18. The van der Waals surface area contributed by atoms with Crippen LogP contribution in [0.15, 0.2) is 36.4 Å². The van der Waals surface area contributed by atoms with Gasteiger partial charge in [-0.2, -0.15) is 5.26 Å². The van der Waals surface area contributed by atoms with Gasteiger partial charge in [0.25, 0.3) is 0 Å². The van der Waals surface area contributed by atoms with Crippen molar-refractivity contribution in [3.05, 3.63) is 59.2 Å². The smallest absolute Gasteiger partial charge is 0.170 e. The van der Waals surface area contributed by atoms with E-state index in [-0.39, 0.29) is 0 Å². The Hall–Kier alpha value is -2.47. The summed E-state index contributed by atoms with van der Waals surface area (Å²) in [6.07, 6.45) is 1.80. The summed E-state index contributed by atoms with van der Waals surface area (Å²) in [5.74, 6) is 0.485. The molecule has 1 heterocycles. The van der Waals surface area contributed by atoms with Crippen molar-refractivity contribution in [1.82, 2.24) is 9.97 Å². The Morgan fingerprint density at radius 2 is 1.72 bits per heavy atom. The van der Waals surface area contributed by atoms with E-state index in [0.29, 0.717) is 11.4 Å². The van der Waals surface area contributed by atoms with Crippen molar-refractivity contribution in [1.29, 1.82) is 5.26 Å². The van der Waals surface area contributed by atoms with E-state index in [1.54, 1.807) is 6.08 Å². The molecule has 0 aliphatic carbocycles. The standard InChI is InChI=1S/C15H13N3/c1-11-8-12(2)18-15(17-11)14(10-16)9-13-6-4-3-5-7-13/h3-9H,1-2H3/b14-9+. The monoisotopic (exact) mass is 235 g/mol. The molecular weight excluding hydrogens is 222 g/mol. The lowest BCUT2D eigenvalue weighted by molar-refractivity contribution is 1.03. The van der Waals surface area contributed by atoms with E-state index < -0.39 is 0 Å². The minimum atomic E-state index is 0.480. The average Bonchev–Trinajstić information content (AvgIpc) is 2.36. The maximum atomic E-state index is 9.22. The maximum absolute atomic E-state index is 9.22. The number of rotatable bonds is 2. The lowest BCUT2D eigenvalue weighted by Crippen LogP contribution is -1.97. The number of hydrogen-bond acceptors (Lipinski definition) is 3. The molecule has 0 atom stereocenters. The average molecular weight is 235 g/mol. The molecule has 0 radical (unpaired) electrons. The summed E-state index contributed by atoms with van der Waals surface area (Å²) in [4.78, 5) is 8.60. The molecule has 1 aromatic heterocycles. The van der Waals surface area contributed by atoms with Gasteiger partial charge in [-0.05, 0) is 31.6 Å². The van der Waals surface area contributed by atoms with E-state index in [1.165, 1.54) is 0 Å². The van der Waals surface area contributed by atoms with Gasteiger partial charge >= 0.3 is 0 Å². The largest absolute Gasteiger partial charge is 0.233 e. The van der Waals surface area contributed by atoms with E-state index >= 15 is 0 Å². The van der Waals surface area contributed by atoms with Gasteiger partial charge in [-0.3, -0.25) is 0 Å². The predicted molar refractivity (Wildman–Crippen MR) is 71.4 cm³/mol. The Morgan fingerprint density at radius 1 is 1.11 bits per heavy atom. The van der Waals surface area contributed by atoms with E-state index in [0.717, 1.165) is 17.0 Å². The molecule has 0 saturated heterocycles. The van der Waals surface area contributed by atoms with E-state index in [2.05, 4.69) is 16.0 Å². The van der Waals surface area contributed by atoms with E-state index in [9.17, 15) is 5.26 Å². The van der Waals surface area contributed by atoms with Gasteiger partial charge in [0.05, 0.1) is 5.57 Å². The Morgan fingerprint density at radius 3 is 2.28 bits per heavy atom. The van der Waals surface area contributed by atoms with Gasteiger partial charge in [0, 0.05) is 11.4 Å². The van der Waals surface area contributed by atoms with Gasteiger partial charge in [0.2, 0.25) is 0 Å². The van der Waals surface area contributed by atoms with Gasteiger partial charge in [-0.15, -0.1) is 0 Å². The van der Waals surface area contributed by atoms with Gasteiger partial charge in [0.15, 0.2) is 5.82 Å². The van der Waals surface area contributed by atoms with Crippen LogP contribution in [0.4, 0.5) is 0 Å². The molecule has 0 fully saturated rings. The quantitative estimate of drug-likeness (QED) is 0.751. The van der Waals surface area contributed by atoms with Crippen LogP contribution < -0.4 is 0 Å². The molecule has 0 unspecified atom stereocenters. The molecule has 0 aliphatic rings. The molecule has 1 aromatic carbocycles. The predicted octanol–water partition coefficient (Wildman–Crippen LogP) is 3.16. The second kappa shape index (κ2) is 5.24. The first kappa shape index (κ1) is 12.0. The molecule has 2 aromatic rings. The molecule has 2 rings (SSSR count). The van der Waals surface area contributed by atoms with Crippen LogP contribution in [0.3, 0.4) is 0 Å². The van der Waals surface area contributed by atoms with Gasteiger partial charge < -0.3 is 0 Å². The topological polar surface area (TPSA) is 49.6 Å². The Labute approximate surface area is 106 Å². The van der Waals surface area contributed by atoms with Crippen LogP contribution in [0, 0.1) is 25.2 Å². The Balaban J connectivity index is 2.46. The van der Waals surface area contributed by atoms with Gasteiger partial charge in [-0.1, -0.05) is 30.3 Å². The minimum Gasteiger partial charge on any atom is -0.233 e. The highest BCUT2D eigenvalue weighted by Crippen LogP contribution is 2.14. The van der Waals surface area contributed by atoms with Crippen molar-refractivity contribution in [2.24, 2.45) is 0 Å². The number of nitrogens with zero attached hydrogens (tertiary/aromatic N) is 3. The first-order chi connectivity index (χ1) is 8.69. The molecule has 3 heteroatoms. The van der Waals surface area contributed by atoms with Crippen LogP contribution in [-0.2, 0) is 0 Å². The Kier molecular flexibility index (Phi) is 3.49. The maximum Gasteiger partial charge on any atom is 0.170 e. The fourth-order valence-corrected chi connectivity index (χ4v) is 1.71. The molecule has 0 aliphatic heterocycles. The summed E-state index contributed by atoms with van der Waals surface area (Å²) in [6, 6.07) is 13.7. The van der Waals surface area contributed by atoms with Crippen molar-refractivity contribution < 1.29 is 0 Å². The third kappa shape index (κ3) is 2.80. The fourth-order valence-electron chi connectivity index (χ4n) is 1.71. The second-order valence-electron chi connectivity index (χ2n) is 4.05. The van der Waals surface area contributed by atoms with Crippen LogP contribution in [-0.4, -0.2) is 9.97 Å². The highest BCUT2D eigenvalue weighted by Gasteiger charge is 2.06. The molecule has 0 N–H and O–H groups in total. The summed E-state index contributed by atoms with van der Waals surface area (Å²) in [5, 5.41) is 9.22. The van der Waals surface area contributed by atoms with Crippen LogP contribution in [0.25, 0.3) is 11.6 Å². The van der Waals surface area contributed by atoms with Gasteiger partial charge in [0.1, 0.15) is 6.07 Å². The molecule has 0 saturated carbocycles. The van der Waals surface area contributed by atoms with Crippen molar-refractivity contribution in [3.63, 3.8) is 0 Å². The summed E-state index contributed by atoms with van der Waals surface area (Å²) >= 11 is 0. The van der Waals surface area contributed by atoms with Crippen LogP contribution in [0.2, 0.25) is 0 Å². The first-order valence-electron chi connectivity index (χ1n) is 5.68. The van der Waals surface area contributed by atoms with Crippen LogP contribution in [0.1, 0.15) is 22.8 Å². The summed E-state index contributed by atoms with van der Waals surface area (Å²) in [6.45, 7) is 3.80. The van der Waals surface area contributed by atoms with Gasteiger partial charge in [-0.25, -0.2) is 9.97 Å². The number of aromatic nitrogens is 2. The zero-order chi connectivity index (χ0) is 13.0. The highest BCUT2D eigenvalue weighted by molar-refractivity contribution is 5.86. The van der Waals surface area contributed by atoms with Crippen molar-refractivity contribution >= 4 is 11.6 Å². The SMILES string of the molecule is Cc1cc(C)nc(/C(C#N)=C/c2ccccc2)n1. The summed E-state index contributed by atoms with van der Waals surface area (Å²) < 4.78 is 0. The fraction of sp³-hybridized carbons (Fsp3) is 0.133. The zero-order valence-electron chi connectivity index (χ0n) is 10.4. The third-order valence-electron chi connectivity index (χ3n) is 2.45. The molecule has 88 valence electrons. The van der Waals surface area contributed by atoms with Crippen molar-refractivity contribution in [3.8, 4) is 6.07 Å². The van der Waals surface area contributed by atoms with Crippen molar-refractivity contribution in [2.75, 3.05) is 0 Å². The molecule has 0 bridgehead atoms. The highest BCUT2D eigenvalue weighted by atomic mass is 14.9. The summed E-state index contributed by atoms with van der Waals surface area (Å²) in [7, 11) is 0. The third-order valence-corrected chi connectivity index (χ3v) is 2.45. The number of hydrogen-bond donors (Lipinski definition) is 0. The lowest BCUT2D eigenvalue weighted by atomic mass is 10.1. The van der Waals surface area contributed by atoms with E-state index in [1.807, 2.05) is 50.2 Å². The zero-order valence-corrected chi connectivity index (χ0v) is 10.4. The number of aryl methyl sites for hydroxylation is 2. The molecule has 0 spiro atoms. The molecule has 3 nitrogen and oxygen atoms in total. The first-order valence-corrected chi connectivity index (χ1v) is 5.68. The molecule has 0 amide bonds. The lowest BCUT2D eigenvalue weighted by Gasteiger charge is -2.01. The van der Waals surface area contributed by atoms with Crippen molar-refractivity contribution in [2.45, 2.75) is 13.8 Å². The number of allylic oxidation sites excluding steroid dienone is 1. The Bertz CT molecular complexity index is 602. The minimum absolute atomic E-state index is 0.480.